The fraction of sp³-hybridized carbons (Fsp3) is 0.174. The highest BCUT2D eigenvalue weighted by molar-refractivity contribution is 7.13. The molecule has 0 radical (unpaired) electrons. The van der Waals surface area contributed by atoms with E-state index in [2.05, 4.69) is 15.0 Å². The highest BCUT2D eigenvalue weighted by atomic mass is 32.1. The molecule has 1 atom stereocenters. The molecule has 4 aromatic rings. The summed E-state index contributed by atoms with van der Waals surface area (Å²) in [7, 11) is 0. The topological polar surface area (TPSA) is 99.3 Å². The standard InChI is InChI=1S/C23H16FN5O3S/c24-13-10-26-19(21-25-6-9-33-21)18-15(13)16-17(27-18)14-11-28(7-8-29(14)23(32)20(16)30)22(31)12-4-2-1-3-5-12/h1-6,9-10,14,27H,7-8,11H2/t14-/m0/s1. The number of nitrogens with one attached hydrogen (secondary N) is 1. The molecule has 3 aromatic heterocycles. The minimum absolute atomic E-state index is 0.0166. The molecular formula is C23H16FN5O3S. The Hall–Kier alpha value is -3.92. The zero-order valence-electron chi connectivity index (χ0n) is 17.1. The molecule has 2 aliphatic rings. The van der Waals surface area contributed by atoms with Crippen molar-refractivity contribution in [3.63, 3.8) is 0 Å². The third-order valence-corrected chi connectivity index (χ3v) is 6.93. The number of hydrogen-bond acceptors (Lipinski definition) is 6. The summed E-state index contributed by atoms with van der Waals surface area (Å²) in [6.45, 7) is 0.704. The number of benzene rings is 1. The molecule has 2 amide bonds. The lowest BCUT2D eigenvalue weighted by molar-refractivity contribution is -0.131. The van der Waals surface area contributed by atoms with Gasteiger partial charge in [0.15, 0.2) is 5.82 Å². The number of ketones is 1. The lowest BCUT2D eigenvalue weighted by atomic mass is 9.93. The van der Waals surface area contributed by atoms with Crippen LogP contribution in [0, 0.1) is 5.82 Å². The average Bonchev–Trinajstić information content (AvgIpc) is 3.52. The van der Waals surface area contributed by atoms with Crippen molar-refractivity contribution in [2.24, 2.45) is 0 Å². The Bertz CT molecular complexity index is 1430. The number of rotatable bonds is 2. The van der Waals surface area contributed by atoms with Gasteiger partial charge in [0.05, 0.1) is 34.4 Å². The first-order chi connectivity index (χ1) is 16.0. The van der Waals surface area contributed by atoms with E-state index in [0.29, 0.717) is 34.0 Å². The first kappa shape index (κ1) is 19.7. The van der Waals surface area contributed by atoms with Crippen molar-refractivity contribution in [3.8, 4) is 10.7 Å². The number of nitrogens with zero attached hydrogens (tertiary/aromatic N) is 4. The quantitative estimate of drug-likeness (QED) is 0.463. The fourth-order valence-electron chi connectivity index (χ4n) is 4.63. The van der Waals surface area contributed by atoms with Crippen molar-refractivity contribution in [1.82, 2.24) is 24.8 Å². The van der Waals surface area contributed by atoms with Crippen LogP contribution in [0.15, 0.2) is 48.1 Å². The van der Waals surface area contributed by atoms with Gasteiger partial charge in [0.25, 0.3) is 17.6 Å². The van der Waals surface area contributed by atoms with Gasteiger partial charge in [-0.1, -0.05) is 18.2 Å². The molecule has 0 aliphatic carbocycles. The van der Waals surface area contributed by atoms with Crippen LogP contribution in [-0.2, 0) is 4.79 Å². The molecule has 1 saturated heterocycles. The van der Waals surface area contributed by atoms with Gasteiger partial charge in [-0.05, 0) is 12.1 Å². The lowest BCUT2D eigenvalue weighted by Crippen LogP contribution is -2.56. The number of thiazole rings is 1. The first-order valence-corrected chi connectivity index (χ1v) is 11.2. The second kappa shape index (κ2) is 7.31. The second-order valence-corrected chi connectivity index (χ2v) is 8.81. The Morgan fingerprint density at radius 3 is 2.73 bits per heavy atom. The predicted octanol–water partition coefficient (Wildman–Crippen LogP) is 3.05. The summed E-state index contributed by atoms with van der Waals surface area (Å²) in [4.78, 5) is 53.8. The summed E-state index contributed by atoms with van der Waals surface area (Å²) in [6, 6.07) is 8.29. The number of pyridine rings is 1. The number of H-pyrrole nitrogens is 1. The van der Waals surface area contributed by atoms with E-state index in [-0.39, 0.29) is 29.9 Å². The summed E-state index contributed by atoms with van der Waals surface area (Å²) < 4.78 is 14.9. The smallest absolute Gasteiger partial charge is 0.295 e. The minimum Gasteiger partial charge on any atom is -0.354 e. The Labute approximate surface area is 190 Å². The lowest BCUT2D eigenvalue weighted by Gasteiger charge is -2.43. The molecule has 10 heteroatoms. The van der Waals surface area contributed by atoms with Crippen LogP contribution in [-0.4, -0.2) is 62.0 Å². The van der Waals surface area contributed by atoms with Crippen LogP contribution in [0.4, 0.5) is 4.39 Å². The van der Waals surface area contributed by atoms with Crippen molar-refractivity contribution in [1.29, 1.82) is 0 Å². The molecule has 8 nitrogen and oxygen atoms in total. The highest BCUT2D eigenvalue weighted by Gasteiger charge is 2.45. The maximum Gasteiger partial charge on any atom is 0.295 e. The summed E-state index contributed by atoms with van der Waals surface area (Å²) in [5.41, 5.74) is 1.72. The van der Waals surface area contributed by atoms with Crippen LogP contribution in [0.25, 0.3) is 21.6 Å². The van der Waals surface area contributed by atoms with Gasteiger partial charge in [-0.25, -0.2) is 14.4 Å². The van der Waals surface area contributed by atoms with E-state index in [0.717, 1.165) is 6.20 Å². The molecule has 0 saturated carbocycles. The predicted molar refractivity (Wildman–Crippen MR) is 118 cm³/mol. The number of aromatic amines is 1. The number of piperazine rings is 1. The van der Waals surface area contributed by atoms with Gasteiger partial charge < -0.3 is 14.8 Å². The van der Waals surface area contributed by atoms with Crippen molar-refractivity contribution in [3.05, 3.63) is 70.7 Å². The molecule has 2 aliphatic heterocycles. The summed E-state index contributed by atoms with van der Waals surface area (Å²) in [6.07, 6.45) is 2.66. The fourth-order valence-corrected chi connectivity index (χ4v) is 5.27. The maximum atomic E-state index is 14.9. The molecule has 6 rings (SSSR count). The number of fused-ring (bicyclic) bond motifs is 5. The van der Waals surface area contributed by atoms with E-state index in [9.17, 15) is 18.8 Å². The molecule has 1 aromatic carbocycles. The van der Waals surface area contributed by atoms with E-state index in [4.69, 9.17) is 0 Å². The highest BCUT2D eigenvalue weighted by Crippen LogP contribution is 2.40. The third-order valence-electron chi connectivity index (χ3n) is 6.15. The van der Waals surface area contributed by atoms with Crippen LogP contribution >= 0.6 is 11.3 Å². The Balaban J connectivity index is 1.49. The molecule has 164 valence electrons. The number of aromatic nitrogens is 3. The second-order valence-electron chi connectivity index (χ2n) is 7.92. The Morgan fingerprint density at radius 1 is 1.15 bits per heavy atom. The zero-order valence-corrected chi connectivity index (χ0v) is 17.9. The average molecular weight is 461 g/mol. The van der Waals surface area contributed by atoms with E-state index in [1.165, 1.54) is 16.2 Å². The monoisotopic (exact) mass is 461 g/mol. The third kappa shape index (κ3) is 2.91. The zero-order chi connectivity index (χ0) is 22.7. The number of Topliss-reactive ketones (excluding diaryl/α,β-unsaturated/α-hetero) is 1. The molecule has 1 N–H and O–H groups in total. The van der Waals surface area contributed by atoms with E-state index in [1.807, 2.05) is 6.07 Å². The van der Waals surface area contributed by atoms with Crippen molar-refractivity contribution >= 4 is 39.8 Å². The normalized spacial score (nSPS) is 17.9. The molecular weight excluding hydrogens is 445 g/mol. The SMILES string of the molecule is O=C1C(=O)N2CCN(C(=O)c3ccccc3)C[C@H]2c2[nH]c3c(-c4nccs4)ncc(F)c3c21. The minimum atomic E-state index is -0.759. The van der Waals surface area contributed by atoms with Crippen LogP contribution < -0.4 is 0 Å². The van der Waals surface area contributed by atoms with E-state index >= 15 is 0 Å². The van der Waals surface area contributed by atoms with E-state index < -0.39 is 23.5 Å². The number of amides is 2. The molecule has 1 fully saturated rings. The largest absolute Gasteiger partial charge is 0.354 e. The van der Waals surface area contributed by atoms with Crippen LogP contribution in [0.5, 0.6) is 0 Å². The molecule has 33 heavy (non-hydrogen) atoms. The molecule has 0 spiro atoms. The van der Waals surface area contributed by atoms with Gasteiger partial charge in [-0.3, -0.25) is 14.4 Å². The number of halogens is 1. The Kier molecular flexibility index (Phi) is 4.37. The van der Waals surface area contributed by atoms with Crippen molar-refractivity contribution < 1.29 is 18.8 Å². The number of carbonyl (C=O) groups is 3. The van der Waals surface area contributed by atoms with Gasteiger partial charge >= 0.3 is 0 Å². The number of carbonyl (C=O) groups excluding carboxylic acids is 3. The van der Waals surface area contributed by atoms with Gasteiger partial charge in [-0.2, -0.15) is 0 Å². The maximum absolute atomic E-state index is 14.9. The van der Waals surface area contributed by atoms with Crippen LogP contribution in [0.1, 0.15) is 32.5 Å². The number of hydrogen-bond donors (Lipinski definition) is 1. The van der Waals surface area contributed by atoms with Gasteiger partial charge in [0.2, 0.25) is 0 Å². The van der Waals surface area contributed by atoms with Gasteiger partial charge in [0.1, 0.15) is 10.7 Å². The summed E-state index contributed by atoms with van der Waals surface area (Å²) in [5, 5.41) is 2.38. The summed E-state index contributed by atoms with van der Waals surface area (Å²) in [5.74, 6) is -2.29. The van der Waals surface area contributed by atoms with Crippen LogP contribution in [0.3, 0.4) is 0 Å². The molecule has 0 unspecified atom stereocenters. The van der Waals surface area contributed by atoms with Gasteiger partial charge in [-0.15, -0.1) is 11.3 Å². The molecule has 0 bridgehead atoms. The van der Waals surface area contributed by atoms with E-state index in [1.54, 1.807) is 40.7 Å². The summed E-state index contributed by atoms with van der Waals surface area (Å²) >= 11 is 1.34. The first-order valence-electron chi connectivity index (χ1n) is 10.3. The van der Waals surface area contributed by atoms with Crippen molar-refractivity contribution in [2.45, 2.75) is 6.04 Å². The van der Waals surface area contributed by atoms with Gasteiger partial charge in [0, 0.05) is 36.8 Å². The molecule has 5 heterocycles. The van der Waals surface area contributed by atoms with Crippen LogP contribution in [0.2, 0.25) is 0 Å². The Morgan fingerprint density at radius 2 is 1.97 bits per heavy atom. The van der Waals surface area contributed by atoms with Crippen molar-refractivity contribution in [2.75, 3.05) is 19.6 Å².